The maximum absolute atomic E-state index is 6.50. The van der Waals surface area contributed by atoms with Crippen LogP contribution in [0.15, 0.2) is 0 Å². The first-order valence-corrected chi connectivity index (χ1v) is 19.2. The zero-order chi connectivity index (χ0) is 14.1. The van der Waals surface area contributed by atoms with Gasteiger partial charge in [0, 0.05) is 0 Å². The van der Waals surface area contributed by atoms with Crippen LogP contribution in [0.25, 0.3) is 0 Å². The lowest BCUT2D eigenvalue weighted by atomic mass is 11.8. The Bertz CT molecular complexity index is 230. The van der Waals surface area contributed by atoms with Crippen molar-refractivity contribution in [1.82, 2.24) is 9.30 Å². The van der Waals surface area contributed by atoms with Crippen LogP contribution in [-0.4, -0.2) is 33.4 Å². The average Bonchev–Trinajstić information content (AvgIpc) is 1.65. The molecule has 0 amide bonds. The van der Waals surface area contributed by atoms with Gasteiger partial charge in [0.25, 0.3) is 0 Å². The highest BCUT2D eigenvalue weighted by atomic mass is 28.5. The molecule has 0 unspecified atom stereocenters. The van der Waals surface area contributed by atoms with E-state index in [4.69, 9.17) is 4.12 Å². The first kappa shape index (κ1) is 17.7. The summed E-state index contributed by atoms with van der Waals surface area (Å²) < 4.78 is 14.1. The fourth-order valence-electron chi connectivity index (χ4n) is 2.50. The minimum absolute atomic E-state index is 1.26. The lowest BCUT2D eigenvalue weighted by molar-refractivity contribution is 0.529. The maximum Gasteiger partial charge on any atom is 0.246 e. The summed E-state index contributed by atoms with van der Waals surface area (Å²) in [5.41, 5.74) is 0. The first-order valence-electron chi connectivity index (χ1n) is 6.41. The van der Waals surface area contributed by atoms with E-state index in [1.54, 1.807) is 0 Å². The molecule has 0 spiro atoms. The van der Waals surface area contributed by atoms with Gasteiger partial charge in [-0.05, 0) is 26.2 Å². The molecule has 0 atom stereocenters. The van der Waals surface area contributed by atoms with Gasteiger partial charge in [0.05, 0.1) is 0 Å². The Balaban J connectivity index is 4.59. The SMILES string of the molecule is C[Si](C)(C)N[Si](C)(C)O[Si](C)(C)N[Si](C)(C)C. The molecule has 104 valence electrons. The summed E-state index contributed by atoms with van der Waals surface area (Å²) in [5.74, 6) is 0. The van der Waals surface area contributed by atoms with Gasteiger partial charge in [0.1, 0.15) is 16.5 Å². The van der Waals surface area contributed by atoms with Crippen LogP contribution in [-0.2, 0) is 4.12 Å². The molecule has 0 saturated heterocycles. The summed E-state index contributed by atoms with van der Waals surface area (Å²) in [5, 5.41) is 0. The smallest absolute Gasteiger partial charge is 0.246 e. The van der Waals surface area contributed by atoms with E-state index in [0.717, 1.165) is 0 Å². The number of hydrogen-bond acceptors (Lipinski definition) is 3. The van der Waals surface area contributed by atoms with E-state index in [9.17, 15) is 0 Å². The molecule has 0 aliphatic carbocycles. The van der Waals surface area contributed by atoms with Gasteiger partial charge in [0.15, 0.2) is 0 Å². The second-order valence-electron chi connectivity index (χ2n) is 7.87. The zero-order valence-corrected chi connectivity index (χ0v) is 17.4. The van der Waals surface area contributed by atoms with Crippen molar-refractivity contribution in [2.24, 2.45) is 0 Å². The highest BCUT2D eigenvalue weighted by Crippen LogP contribution is 2.14. The Labute approximate surface area is 112 Å². The third kappa shape index (κ3) is 10.4. The fourth-order valence-corrected chi connectivity index (χ4v) is 23.4. The second-order valence-corrected chi connectivity index (χ2v) is 25.7. The van der Waals surface area contributed by atoms with Gasteiger partial charge in [-0.3, -0.25) is 0 Å². The van der Waals surface area contributed by atoms with Crippen molar-refractivity contribution < 1.29 is 4.12 Å². The van der Waals surface area contributed by atoms with Gasteiger partial charge < -0.3 is 13.4 Å². The van der Waals surface area contributed by atoms with Gasteiger partial charge in [-0.15, -0.1) is 0 Å². The van der Waals surface area contributed by atoms with Gasteiger partial charge in [-0.25, -0.2) is 0 Å². The summed E-state index contributed by atoms with van der Waals surface area (Å²) in [7, 11) is -6.00. The Morgan fingerprint density at radius 2 is 0.765 bits per heavy atom. The first-order chi connectivity index (χ1) is 7.12. The number of hydrogen-bond donors (Lipinski definition) is 2. The van der Waals surface area contributed by atoms with Crippen molar-refractivity contribution in [2.45, 2.75) is 65.5 Å². The van der Waals surface area contributed by atoms with Crippen molar-refractivity contribution in [3.8, 4) is 0 Å². The third-order valence-electron chi connectivity index (χ3n) is 1.86. The largest absolute Gasteiger partial charge is 0.433 e. The molecule has 0 fully saturated rings. The Hall–Kier alpha value is 0.748. The van der Waals surface area contributed by atoms with Gasteiger partial charge in [-0.1, -0.05) is 39.3 Å². The third-order valence-corrected chi connectivity index (χ3v) is 16.8. The summed E-state index contributed by atoms with van der Waals surface area (Å²) in [6, 6.07) is 0. The van der Waals surface area contributed by atoms with Crippen molar-refractivity contribution in [2.75, 3.05) is 0 Å². The quantitative estimate of drug-likeness (QED) is 0.739. The molecule has 0 aromatic rings. The average molecular weight is 309 g/mol. The summed E-state index contributed by atoms with van der Waals surface area (Å²) in [4.78, 5) is 0. The van der Waals surface area contributed by atoms with Crippen LogP contribution >= 0.6 is 0 Å². The molecule has 0 heterocycles. The molecule has 0 rings (SSSR count). The topological polar surface area (TPSA) is 33.3 Å². The van der Waals surface area contributed by atoms with Crippen LogP contribution < -0.4 is 9.30 Å². The maximum atomic E-state index is 6.50. The van der Waals surface area contributed by atoms with Gasteiger partial charge in [-0.2, -0.15) is 0 Å². The Morgan fingerprint density at radius 3 is 0.941 bits per heavy atom. The summed E-state index contributed by atoms with van der Waals surface area (Å²) in [6.07, 6.45) is 0. The fraction of sp³-hybridized carbons (Fsp3) is 1.00. The van der Waals surface area contributed by atoms with Crippen LogP contribution in [0.3, 0.4) is 0 Å². The molecule has 0 aromatic heterocycles. The van der Waals surface area contributed by atoms with Crippen molar-refractivity contribution in [1.29, 1.82) is 0 Å². The monoisotopic (exact) mass is 308 g/mol. The van der Waals surface area contributed by atoms with Crippen LogP contribution in [0.2, 0.25) is 65.5 Å². The second kappa shape index (κ2) is 5.39. The van der Waals surface area contributed by atoms with Crippen molar-refractivity contribution in [3.63, 3.8) is 0 Å². The normalized spacial score (nSPS) is 15.2. The molecule has 17 heavy (non-hydrogen) atoms. The van der Waals surface area contributed by atoms with E-state index in [-0.39, 0.29) is 0 Å². The Morgan fingerprint density at radius 1 is 0.529 bits per heavy atom. The molecule has 0 aliphatic rings. The van der Waals surface area contributed by atoms with Gasteiger partial charge >= 0.3 is 0 Å². The van der Waals surface area contributed by atoms with Crippen LogP contribution in [0.4, 0.5) is 0 Å². The van der Waals surface area contributed by atoms with E-state index in [1.807, 2.05) is 0 Å². The standard InChI is InChI=1S/C10H32N2OSi4/c1-14(2,3)11-16(7,8)13-17(9,10)12-15(4,5)6/h11-12H,1-10H3. The minimum Gasteiger partial charge on any atom is -0.433 e. The number of nitrogens with one attached hydrogen (secondary N) is 2. The lowest BCUT2D eigenvalue weighted by Crippen LogP contribution is -2.68. The van der Waals surface area contributed by atoms with Gasteiger partial charge in [0.2, 0.25) is 17.0 Å². The number of rotatable bonds is 6. The van der Waals surface area contributed by atoms with E-state index in [2.05, 4.69) is 74.8 Å². The zero-order valence-electron chi connectivity index (χ0n) is 13.4. The molecule has 0 bridgehead atoms. The predicted molar refractivity (Wildman–Crippen MR) is 89.0 cm³/mol. The molecule has 3 nitrogen and oxygen atoms in total. The highest BCUT2D eigenvalue weighted by molar-refractivity contribution is 6.95. The van der Waals surface area contributed by atoms with E-state index >= 15 is 0 Å². The molecule has 2 N–H and O–H groups in total. The molecular weight excluding hydrogens is 276 g/mol. The van der Waals surface area contributed by atoms with Crippen LogP contribution in [0, 0.1) is 0 Å². The molecule has 0 aromatic carbocycles. The minimum atomic E-state index is -1.74. The molecule has 0 saturated carbocycles. The molecule has 7 heteroatoms. The van der Waals surface area contributed by atoms with Crippen LogP contribution in [0.5, 0.6) is 0 Å². The lowest BCUT2D eigenvalue weighted by Gasteiger charge is -2.40. The van der Waals surface area contributed by atoms with Crippen molar-refractivity contribution >= 4 is 33.4 Å². The van der Waals surface area contributed by atoms with Crippen molar-refractivity contribution in [3.05, 3.63) is 0 Å². The summed E-state index contributed by atoms with van der Waals surface area (Å²) in [6.45, 7) is 23.2. The predicted octanol–water partition coefficient (Wildman–Crippen LogP) is 3.26. The van der Waals surface area contributed by atoms with E-state index in [0.29, 0.717) is 0 Å². The summed E-state index contributed by atoms with van der Waals surface area (Å²) >= 11 is 0. The van der Waals surface area contributed by atoms with E-state index in [1.165, 1.54) is 0 Å². The molecular formula is C10H32N2OSi4. The van der Waals surface area contributed by atoms with Crippen LogP contribution in [0.1, 0.15) is 0 Å². The molecule has 0 aliphatic heterocycles. The molecule has 0 radical (unpaired) electrons. The Kier molecular flexibility index (Phi) is 5.63. The van der Waals surface area contributed by atoms with E-state index < -0.39 is 33.4 Å². The highest BCUT2D eigenvalue weighted by Gasteiger charge is 2.38.